The lowest BCUT2D eigenvalue weighted by Gasteiger charge is -2.34. The molecule has 0 N–H and O–H groups in total. The molecule has 1 fully saturated rings. The van der Waals surface area contributed by atoms with Gasteiger partial charge >= 0.3 is 0 Å². The number of carbonyl (C=O) groups excluding carboxylic acids is 1. The number of hydrogen-bond acceptors (Lipinski definition) is 3. The molecule has 23 heavy (non-hydrogen) atoms. The van der Waals surface area contributed by atoms with E-state index in [4.69, 9.17) is 0 Å². The lowest BCUT2D eigenvalue weighted by atomic mass is 10.1. The summed E-state index contributed by atoms with van der Waals surface area (Å²) in [5.74, 6) is 0.00742. The van der Waals surface area contributed by atoms with Crippen LogP contribution in [0.3, 0.4) is 0 Å². The standard InChI is InChI=1S/C17H21BrN4O/c1-13-5-3-4-6-14(13)11-21-7-9-22(10-8-21)17(23)16-15(18)12-20(2)19-16/h3-6,12H,7-11H2,1-2H3. The molecular formula is C17H21BrN4O. The molecular weight excluding hydrogens is 356 g/mol. The van der Waals surface area contributed by atoms with Crippen LogP contribution in [-0.2, 0) is 13.6 Å². The summed E-state index contributed by atoms with van der Waals surface area (Å²) in [7, 11) is 1.82. The highest BCUT2D eigenvalue weighted by Gasteiger charge is 2.25. The quantitative estimate of drug-likeness (QED) is 0.825. The number of hydrogen-bond donors (Lipinski definition) is 0. The monoisotopic (exact) mass is 376 g/mol. The lowest BCUT2D eigenvalue weighted by molar-refractivity contribution is 0.0621. The van der Waals surface area contributed by atoms with Gasteiger partial charge in [0.25, 0.3) is 5.91 Å². The molecule has 3 rings (SSSR count). The second kappa shape index (κ2) is 6.84. The highest BCUT2D eigenvalue weighted by atomic mass is 79.9. The number of carbonyl (C=O) groups is 1. The smallest absolute Gasteiger partial charge is 0.275 e. The van der Waals surface area contributed by atoms with Crippen LogP contribution in [-0.4, -0.2) is 51.7 Å². The molecule has 6 heteroatoms. The van der Waals surface area contributed by atoms with Gasteiger partial charge in [0.2, 0.25) is 0 Å². The van der Waals surface area contributed by atoms with E-state index in [0.29, 0.717) is 5.69 Å². The SMILES string of the molecule is Cc1ccccc1CN1CCN(C(=O)c2nn(C)cc2Br)CC1. The van der Waals surface area contributed by atoms with E-state index in [2.05, 4.69) is 57.1 Å². The molecule has 1 saturated heterocycles. The van der Waals surface area contributed by atoms with Crippen LogP contribution >= 0.6 is 15.9 Å². The molecule has 122 valence electrons. The van der Waals surface area contributed by atoms with Crippen molar-refractivity contribution in [1.29, 1.82) is 0 Å². The van der Waals surface area contributed by atoms with E-state index in [0.717, 1.165) is 37.2 Å². The van der Waals surface area contributed by atoms with E-state index in [1.807, 2.05) is 18.1 Å². The predicted molar refractivity (Wildman–Crippen MR) is 93.3 cm³/mol. The lowest BCUT2D eigenvalue weighted by Crippen LogP contribution is -2.48. The van der Waals surface area contributed by atoms with Gasteiger partial charge in [-0.05, 0) is 34.0 Å². The summed E-state index contributed by atoms with van der Waals surface area (Å²) >= 11 is 3.41. The Hall–Kier alpha value is -1.66. The van der Waals surface area contributed by atoms with Crippen molar-refractivity contribution in [2.45, 2.75) is 13.5 Å². The second-order valence-electron chi connectivity index (χ2n) is 5.99. The van der Waals surface area contributed by atoms with Crippen molar-refractivity contribution in [3.63, 3.8) is 0 Å². The largest absolute Gasteiger partial charge is 0.335 e. The summed E-state index contributed by atoms with van der Waals surface area (Å²) in [5, 5.41) is 4.25. The van der Waals surface area contributed by atoms with Crippen LogP contribution in [0.5, 0.6) is 0 Å². The van der Waals surface area contributed by atoms with Crippen molar-refractivity contribution in [3.8, 4) is 0 Å². The summed E-state index contributed by atoms with van der Waals surface area (Å²) in [6, 6.07) is 8.48. The van der Waals surface area contributed by atoms with Crippen LogP contribution in [0.15, 0.2) is 34.9 Å². The molecule has 1 aliphatic heterocycles. The fourth-order valence-electron chi connectivity index (χ4n) is 2.89. The molecule has 2 aromatic rings. The average Bonchev–Trinajstić information content (AvgIpc) is 2.88. The average molecular weight is 377 g/mol. The van der Waals surface area contributed by atoms with Gasteiger partial charge in [0.1, 0.15) is 0 Å². The van der Waals surface area contributed by atoms with Gasteiger partial charge in [-0.1, -0.05) is 24.3 Å². The van der Waals surface area contributed by atoms with Crippen molar-refractivity contribution >= 4 is 21.8 Å². The molecule has 1 aromatic carbocycles. The molecule has 0 atom stereocenters. The van der Waals surface area contributed by atoms with Gasteiger partial charge in [0.05, 0.1) is 4.47 Å². The van der Waals surface area contributed by atoms with Crippen LogP contribution in [0.2, 0.25) is 0 Å². The third-order valence-electron chi connectivity index (χ3n) is 4.30. The summed E-state index contributed by atoms with van der Waals surface area (Å²) < 4.78 is 2.42. The van der Waals surface area contributed by atoms with Gasteiger partial charge < -0.3 is 4.90 Å². The van der Waals surface area contributed by atoms with Crippen molar-refractivity contribution in [2.75, 3.05) is 26.2 Å². The first-order chi connectivity index (χ1) is 11.0. The number of nitrogens with zero attached hydrogens (tertiary/aromatic N) is 4. The van der Waals surface area contributed by atoms with Gasteiger partial charge in [-0.25, -0.2) is 0 Å². The fourth-order valence-corrected chi connectivity index (χ4v) is 3.44. The summed E-state index contributed by atoms with van der Waals surface area (Å²) in [4.78, 5) is 16.8. The summed E-state index contributed by atoms with van der Waals surface area (Å²) in [5.41, 5.74) is 3.18. The molecule has 0 saturated carbocycles. The Balaban J connectivity index is 1.59. The highest BCUT2D eigenvalue weighted by Crippen LogP contribution is 2.18. The number of amides is 1. The van der Waals surface area contributed by atoms with Gasteiger partial charge in [-0.3, -0.25) is 14.4 Å². The van der Waals surface area contributed by atoms with Crippen LogP contribution in [0.1, 0.15) is 21.6 Å². The van der Waals surface area contributed by atoms with Crippen LogP contribution in [0.25, 0.3) is 0 Å². The maximum atomic E-state index is 12.6. The number of piperazine rings is 1. The van der Waals surface area contributed by atoms with E-state index < -0.39 is 0 Å². The minimum atomic E-state index is 0.00742. The summed E-state index contributed by atoms with van der Waals surface area (Å²) in [6.45, 7) is 6.37. The molecule has 2 heterocycles. The minimum absolute atomic E-state index is 0.00742. The Morgan fingerprint density at radius 1 is 1.22 bits per heavy atom. The van der Waals surface area contributed by atoms with Crippen LogP contribution in [0.4, 0.5) is 0 Å². The molecule has 0 aliphatic carbocycles. The van der Waals surface area contributed by atoms with Crippen molar-refractivity contribution in [1.82, 2.24) is 19.6 Å². The third kappa shape index (κ3) is 3.64. The van der Waals surface area contributed by atoms with Crippen LogP contribution < -0.4 is 0 Å². The molecule has 0 radical (unpaired) electrons. The molecule has 1 aliphatic rings. The van der Waals surface area contributed by atoms with Gasteiger partial charge in [0.15, 0.2) is 5.69 Å². The molecule has 1 amide bonds. The Kier molecular flexibility index (Phi) is 4.82. The number of aromatic nitrogens is 2. The Bertz CT molecular complexity index is 704. The molecule has 0 spiro atoms. The highest BCUT2D eigenvalue weighted by molar-refractivity contribution is 9.10. The van der Waals surface area contributed by atoms with E-state index in [1.165, 1.54) is 11.1 Å². The fraction of sp³-hybridized carbons (Fsp3) is 0.412. The van der Waals surface area contributed by atoms with Crippen LogP contribution in [0, 0.1) is 6.92 Å². The second-order valence-corrected chi connectivity index (χ2v) is 6.85. The normalized spacial score (nSPS) is 15.9. The first kappa shape index (κ1) is 16.2. The Morgan fingerprint density at radius 3 is 2.52 bits per heavy atom. The number of rotatable bonds is 3. The van der Waals surface area contributed by atoms with E-state index >= 15 is 0 Å². The predicted octanol–water partition coefficient (Wildman–Crippen LogP) is 2.45. The van der Waals surface area contributed by atoms with Crippen molar-refractivity contribution < 1.29 is 4.79 Å². The zero-order chi connectivity index (χ0) is 16.4. The molecule has 0 bridgehead atoms. The van der Waals surface area contributed by atoms with E-state index in [-0.39, 0.29) is 5.91 Å². The molecule has 1 aromatic heterocycles. The maximum Gasteiger partial charge on any atom is 0.275 e. The molecule has 5 nitrogen and oxygen atoms in total. The van der Waals surface area contributed by atoms with Crippen molar-refractivity contribution in [2.24, 2.45) is 7.05 Å². The van der Waals surface area contributed by atoms with Gasteiger partial charge in [0, 0.05) is 46.0 Å². The third-order valence-corrected chi connectivity index (χ3v) is 4.88. The maximum absolute atomic E-state index is 12.6. The van der Waals surface area contributed by atoms with Crippen molar-refractivity contribution in [3.05, 3.63) is 51.8 Å². The Labute approximate surface area is 145 Å². The molecule has 0 unspecified atom stereocenters. The Morgan fingerprint density at radius 2 is 1.91 bits per heavy atom. The first-order valence-electron chi connectivity index (χ1n) is 7.80. The minimum Gasteiger partial charge on any atom is -0.335 e. The van der Waals surface area contributed by atoms with Gasteiger partial charge in [-0.2, -0.15) is 5.10 Å². The topological polar surface area (TPSA) is 41.4 Å². The zero-order valence-corrected chi connectivity index (χ0v) is 15.1. The first-order valence-corrected chi connectivity index (χ1v) is 8.59. The zero-order valence-electron chi connectivity index (χ0n) is 13.5. The van der Waals surface area contributed by atoms with Gasteiger partial charge in [-0.15, -0.1) is 0 Å². The number of benzene rings is 1. The van der Waals surface area contributed by atoms with E-state index in [9.17, 15) is 4.79 Å². The van der Waals surface area contributed by atoms with E-state index in [1.54, 1.807) is 4.68 Å². The number of aryl methyl sites for hydroxylation is 2. The summed E-state index contributed by atoms with van der Waals surface area (Å²) in [6.07, 6.45) is 1.81. The number of halogens is 1.